The van der Waals surface area contributed by atoms with Gasteiger partial charge >= 0.3 is 0 Å². The van der Waals surface area contributed by atoms with Gasteiger partial charge in [0.1, 0.15) is 5.76 Å². The van der Waals surface area contributed by atoms with Crippen LogP contribution in [0.25, 0.3) is 0 Å². The molecule has 0 aliphatic rings. The summed E-state index contributed by atoms with van der Waals surface area (Å²) in [6.45, 7) is 1.80. The molecule has 0 bridgehead atoms. The predicted molar refractivity (Wildman–Crippen MR) is 62.4 cm³/mol. The maximum atomic E-state index is 14.0. The molecular weight excluding hydrogens is 221 g/mol. The van der Waals surface area contributed by atoms with Gasteiger partial charge in [-0.1, -0.05) is 12.1 Å². The third kappa shape index (κ3) is 2.03. The van der Waals surface area contributed by atoms with E-state index in [1.54, 1.807) is 37.5 Å². The molecule has 0 aliphatic carbocycles. The molecular formula is C13H14FNO2. The highest BCUT2D eigenvalue weighted by Crippen LogP contribution is 2.29. The molecule has 0 fully saturated rings. The van der Waals surface area contributed by atoms with Gasteiger partial charge in [0.2, 0.25) is 0 Å². The van der Waals surface area contributed by atoms with Gasteiger partial charge < -0.3 is 14.9 Å². The van der Waals surface area contributed by atoms with E-state index >= 15 is 0 Å². The van der Waals surface area contributed by atoms with E-state index in [0.29, 0.717) is 11.3 Å². The first kappa shape index (κ1) is 11.7. The number of methoxy groups -OCH3 is 1. The smallest absolute Gasteiger partial charge is 0.170 e. The summed E-state index contributed by atoms with van der Waals surface area (Å²) in [4.78, 5) is 0. The first-order valence-corrected chi connectivity index (χ1v) is 5.27. The highest BCUT2D eigenvalue weighted by Gasteiger charge is 2.19. The third-order valence-electron chi connectivity index (χ3n) is 2.78. The van der Waals surface area contributed by atoms with Crippen LogP contribution in [0.3, 0.4) is 0 Å². The Morgan fingerprint density at radius 1 is 1.29 bits per heavy atom. The van der Waals surface area contributed by atoms with Crippen LogP contribution >= 0.6 is 0 Å². The van der Waals surface area contributed by atoms with E-state index in [1.807, 2.05) is 0 Å². The summed E-state index contributed by atoms with van der Waals surface area (Å²) in [7, 11) is 1.43. The van der Waals surface area contributed by atoms with Gasteiger partial charge in [0.25, 0.3) is 0 Å². The molecule has 2 rings (SSSR count). The molecule has 1 aromatic heterocycles. The van der Waals surface area contributed by atoms with Crippen LogP contribution in [0.1, 0.15) is 22.9 Å². The maximum absolute atomic E-state index is 14.0. The van der Waals surface area contributed by atoms with Crippen molar-refractivity contribution in [2.45, 2.75) is 13.0 Å². The van der Waals surface area contributed by atoms with Crippen molar-refractivity contribution in [3.63, 3.8) is 0 Å². The number of halogens is 1. The van der Waals surface area contributed by atoms with Crippen molar-refractivity contribution in [2.75, 3.05) is 7.11 Å². The zero-order chi connectivity index (χ0) is 12.4. The van der Waals surface area contributed by atoms with Crippen LogP contribution in [-0.4, -0.2) is 7.11 Å². The van der Waals surface area contributed by atoms with Crippen molar-refractivity contribution in [2.24, 2.45) is 5.73 Å². The summed E-state index contributed by atoms with van der Waals surface area (Å²) >= 11 is 0. The van der Waals surface area contributed by atoms with Crippen molar-refractivity contribution in [1.82, 2.24) is 0 Å². The molecule has 0 aliphatic heterocycles. The molecule has 0 saturated carbocycles. The van der Waals surface area contributed by atoms with Crippen molar-refractivity contribution in [3.8, 4) is 5.75 Å². The van der Waals surface area contributed by atoms with Crippen LogP contribution in [0.15, 0.2) is 34.9 Å². The van der Waals surface area contributed by atoms with Gasteiger partial charge in [-0.25, -0.2) is 4.39 Å². The lowest BCUT2D eigenvalue weighted by atomic mass is 9.99. The van der Waals surface area contributed by atoms with Crippen molar-refractivity contribution < 1.29 is 13.5 Å². The van der Waals surface area contributed by atoms with E-state index in [-0.39, 0.29) is 5.75 Å². The zero-order valence-electron chi connectivity index (χ0n) is 9.74. The maximum Gasteiger partial charge on any atom is 0.170 e. The quantitative estimate of drug-likeness (QED) is 0.889. The highest BCUT2D eigenvalue weighted by molar-refractivity contribution is 5.38. The Hall–Kier alpha value is -1.81. The summed E-state index contributed by atoms with van der Waals surface area (Å²) in [6.07, 6.45) is 1.54. The molecule has 4 heteroatoms. The van der Waals surface area contributed by atoms with Gasteiger partial charge in [-0.3, -0.25) is 0 Å². The fraction of sp³-hybridized carbons (Fsp3) is 0.231. The van der Waals surface area contributed by atoms with Crippen LogP contribution in [0.5, 0.6) is 5.75 Å². The Kier molecular flexibility index (Phi) is 3.15. The lowest BCUT2D eigenvalue weighted by Crippen LogP contribution is -2.14. The molecule has 0 amide bonds. The number of benzene rings is 1. The molecule has 90 valence electrons. The Morgan fingerprint density at radius 3 is 2.65 bits per heavy atom. The monoisotopic (exact) mass is 235 g/mol. The lowest BCUT2D eigenvalue weighted by Gasteiger charge is -2.14. The van der Waals surface area contributed by atoms with Gasteiger partial charge in [0.15, 0.2) is 11.6 Å². The topological polar surface area (TPSA) is 48.4 Å². The minimum atomic E-state index is -0.552. The van der Waals surface area contributed by atoms with E-state index in [2.05, 4.69) is 0 Å². The van der Waals surface area contributed by atoms with Crippen LogP contribution in [-0.2, 0) is 0 Å². The number of hydrogen-bond donors (Lipinski definition) is 1. The third-order valence-corrected chi connectivity index (χ3v) is 2.78. The fourth-order valence-corrected chi connectivity index (χ4v) is 1.81. The van der Waals surface area contributed by atoms with Crippen LogP contribution < -0.4 is 10.5 Å². The first-order valence-electron chi connectivity index (χ1n) is 5.27. The summed E-state index contributed by atoms with van der Waals surface area (Å²) in [5.41, 5.74) is 7.20. The number of aryl methyl sites for hydroxylation is 1. The number of nitrogens with two attached hydrogens (primary N) is 1. The number of ether oxygens (including phenoxy) is 1. The number of rotatable bonds is 3. The molecule has 17 heavy (non-hydrogen) atoms. The average Bonchev–Trinajstić information content (AvgIpc) is 2.75. The van der Waals surface area contributed by atoms with E-state index in [1.165, 1.54) is 7.11 Å². The van der Waals surface area contributed by atoms with Gasteiger partial charge in [-0.15, -0.1) is 0 Å². The molecule has 3 nitrogen and oxygen atoms in total. The minimum Gasteiger partial charge on any atom is -0.494 e. The lowest BCUT2D eigenvalue weighted by molar-refractivity contribution is 0.383. The van der Waals surface area contributed by atoms with Crippen LogP contribution in [0.2, 0.25) is 0 Å². The van der Waals surface area contributed by atoms with Gasteiger partial charge in [0, 0.05) is 11.1 Å². The van der Waals surface area contributed by atoms with Crippen LogP contribution in [0, 0.1) is 12.7 Å². The van der Waals surface area contributed by atoms with E-state index in [9.17, 15) is 4.39 Å². The molecule has 1 unspecified atom stereocenters. The fourth-order valence-electron chi connectivity index (χ4n) is 1.81. The number of furan rings is 1. The zero-order valence-corrected chi connectivity index (χ0v) is 9.74. The molecule has 1 atom stereocenters. The van der Waals surface area contributed by atoms with E-state index in [0.717, 1.165) is 5.56 Å². The second kappa shape index (κ2) is 4.59. The second-order valence-corrected chi connectivity index (χ2v) is 3.77. The number of hydrogen-bond acceptors (Lipinski definition) is 3. The molecule has 1 heterocycles. The van der Waals surface area contributed by atoms with Crippen molar-refractivity contribution in [1.29, 1.82) is 0 Å². The second-order valence-electron chi connectivity index (χ2n) is 3.77. The minimum absolute atomic E-state index is 0.194. The molecule has 0 saturated heterocycles. The molecule has 0 spiro atoms. The van der Waals surface area contributed by atoms with Crippen molar-refractivity contribution >= 4 is 0 Å². The summed E-state index contributed by atoms with van der Waals surface area (Å²) < 4.78 is 24.1. The SMILES string of the molecule is COc1cccc(C(N)c2ccoc2C)c1F. The highest BCUT2D eigenvalue weighted by atomic mass is 19.1. The van der Waals surface area contributed by atoms with Gasteiger partial charge in [0.05, 0.1) is 19.4 Å². The summed E-state index contributed by atoms with van der Waals surface area (Å²) in [5.74, 6) is 0.460. The first-order chi connectivity index (χ1) is 8.15. The van der Waals surface area contributed by atoms with Gasteiger partial charge in [-0.05, 0) is 19.1 Å². The summed E-state index contributed by atoms with van der Waals surface area (Å²) in [5, 5.41) is 0. The molecule has 1 aromatic carbocycles. The standard InChI is InChI=1S/C13H14FNO2/c1-8-9(6-7-17-8)13(15)10-4-3-5-11(16-2)12(10)14/h3-7,13H,15H2,1-2H3. The Labute approximate surface area is 99.0 Å². The largest absolute Gasteiger partial charge is 0.494 e. The van der Waals surface area contributed by atoms with Crippen LogP contribution in [0.4, 0.5) is 4.39 Å². The normalized spacial score (nSPS) is 12.5. The van der Waals surface area contributed by atoms with Gasteiger partial charge in [-0.2, -0.15) is 0 Å². The molecule has 2 aromatic rings. The Balaban J connectivity index is 2.44. The Bertz CT molecular complexity index is 522. The molecule has 0 radical (unpaired) electrons. The summed E-state index contributed by atoms with van der Waals surface area (Å²) in [6, 6.07) is 6.12. The Morgan fingerprint density at radius 2 is 2.06 bits per heavy atom. The average molecular weight is 235 g/mol. The van der Waals surface area contributed by atoms with Crippen molar-refractivity contribution in [3.05, 3.63) is 53.2 Å². The van der Waals surface area contributed by atoms with E-state index in [4.69, 9.17) is 14.9 Å². The molecule has 2 N–H and O–H groups in total. The van der Waals surface area contributed by atoms with E-state index < -0.39 is 11.9 Å². The predicted octanol–water partition coefficient (Wildman–Crippen LogP) is 2.78.